The Morgan fingerprint density at radius 1 is 1.32 bits per heavy atom. The first-order chi connectivity index (χ1) is 10.7. The average molecular weight is 319 g/mol. The highest BCUT2D eigenvalue weighted by atomic mass is 32.2. The fourth-order valence-corrected chi connectivity index (χ4v) is 2.48. The van der Waals surface area contributed by atoms with Crippen LogP contribution in [0.25, 0.3) is 5.69 Å². The Bertz CT molecular complexity index is 655. The third-order valence-electron chi connectivity index (χ3n) is 3.00. The molecule has 2 rings (SSSR count). The van der Waals surface area contributed by atoms with Gasteiger partial charge in [0.2, 0.25) is 0 Å². The largest absolute Gasteiger partial charge is 0.469 e. The number of para-hydroxylation sites is 1. The van der Waals surface area contributed by atoms with Crippen molar-refractivity contribution in [3.8, 4) is 5.69 Å². The van der Waals surface area contributed by atoms with E-state index in [0.29, 0.717) is 5.69 Å². The molecule has 0 aliphatic rings. The number of benzene rings is 1. The molecule has 0 spiro atoms. The van der Waals surface area contributed by atoms with Crippen molar-refractivity contribution in [3.05, 3.63) is 42.2 Å². The molecule has 0 bridgehead atoms. The van der Waals surface area contributed by atoms with Crippen molar-refractivity contribution in [1.82, 2.24) is 14.9 Å². The van der Waals surface area contributed by atoms with Crippen LogP contribution in [-0.2, 0) is 9.53 Å². The fraction of sp³-hybridized carbons (Fsp3) is 0.267. The Balaban J connectivity index is 2.19. The predicted octanol–water partition coefficient (Wildman–Crippen LogP) is 1.89. The van der Waals surface area contributed by atoms with Crippen molar-refractivity contribution < 1.29 is 14.3 Å². The van der Waals surface area contributed by atoms with E-state index in [4.69, 9.17) is 0 Å². The molecular formula is C15H17N3O3S. The van der Waals surface area contributed by atoms with Gasteiger partial charge in [0.25, 0.3) is 5.91 Å². The van der Waals surface area contributed by atoms with Crippen LogP contribution >= 0.6 is 11.8 Å². The van der Waals surface area contributed by atoms with Crippen molar-refractivity contribution in [3.63, 3.8) is 0 Å². The summed E-state index contributed by atoms with van der Waals surface area (Å²) in [4.78, 5) is 27.6. The summed E-state index contributed by atoms with van der Waals surface area (Å²) >= 11 is 1.46. The number of methoxy groups -OCH3 is 1. The number of aromatic nitrogens is 2. The number of esters is 1. The van der Waals surface area contributed by atoms with E-state index in [1.165, 1.54) is 25.1 Å². The minimum atomic E-state index is -0.360. The van der Waals surface area contributed by atoms with Gasteiger partial charge in [-0.2, -0.15) is 0 Å². The fourth-order valence-electron chi connectivity index (χ4n) is 1.94. The smallest absolute Gasteiger partial charge is 0.307 e. The zero-order valence-corrected chi connectivity index (χ0v) is 13.2. The standard InChI is InChI=1S/C15H17N3O3S/c1-21-13(19)8-9-16-14(20)12-10-17-15(22-2)18(12)11-6-4-3-5-7-11/h3-7,10H,8-9H2,1-2H3,(H,16,20). The second-order valence-electron chi connectivity index (χ2n) is 4.38. The lowest BCUT2D eigenvalue weighted by Crippen LogP contribution is -2.28. The van der Waals surface area contributed by atoms with Gasteiger partial charge in [-0.15, -0.1) is 0 Å². The summed E-state index contributed by atoms with van der Waals surface area (Å²) in [6.07, 6.45) is 3.57. The van der Waals surface area contributed by atoms with Gasteiger partial charge in [0.1, 0.15) is 5.69 Å². The van der Waals surface area contributed by atoms with Gasteiger partial charge in [0, 0.05) is 12.2 Å². The van der Waals surface area contributed by atoms with E-state index in [-0.39, 0.29) is 24.8 Å². The highest BCUT2D eigenvalue weighted by Gasteiger charge is 2.17. The molecule has 0 unspecified atom stereocenters. The monoisotopic (exact) mass is 319 g/mol. The maximum atomic E-state index is 12.3. The average Bonchev–Trinajstić information content (AvgIpc) is 2.99. The van der Waals surface area contributed by atoms with Gasteiger partial charge < -0.3 is 10.1 Å². The summed E-state index contributed by atoms with van der Waals surface area (Å²) in [5, 5.41) is 3.43. The molecule has 22 heavy (non-hydrogen) atoms. The lowest BCUT2D eigenvalue weighted by atomic mass is 10.3. The molecule has 1 N–H and O–H groups in total. The highest BCUT2D eigenvalue weighted by Crippen LogP contribution is 2.21. The van der Waals surface area contributed by atoms with E-state index in [2.05, 4.69) is 15.0 Å². The van der Waals surface area contributed by atoms with Crippen LogP contribution in [0.5, 0.6) is 0 Å². The number of amides is 1. The number of thioether (sulfide) groups is 1. The Morgan fingerprint density at radius 3 is 2.68 bits per heavy atom. The second-order valence-corrected chi connectivity index (χ2v) is 5.16. The molecule has 2 aromatic rings. The van der Waals surface area contributed by atoms with E-state index in [1.807, 2.05) is 36.6 Å². The molecule has 116 valence electrons. The molecule has 1 aromatic carbocycles. The van der Waals surface area contributed by atoms with E-state index >= 15 is 0 Å². The maximum Gasteiger partial charge on any atom is 0.307 e. The van der Waals surface area contributed by atoms with E-state index in [0.717, 1.165) is 10.8 Å². The van der Waals surface area contributed by atoms with Crippen LogP contribution in [0.2, 0.25) is 0 Å². The van der Waals surface area contributed by atoms with Gasteiger partial charge in [0.05, 0.1) is 19.7 Å². The minimum absolute atomic E-state index is 0.136. The number of hydrogen-bond donors (Lipinski definition) is 1. The Hall–Kier alpha value is -2.28. The van der Waals surface area contributed by atoms with Gasteiger partial charge in [-0.25, -0.2) is 4.98 Å². The molecule has 0 atom stereocenters. The lowest BCUT2D eigenvalue weighted by Gasteiger charge is -2.11. The SMILES string of the molecule is COC(=O)CCNC(=O)c1cnc(SC)n1-c1ccccc1. The van der Waals surface area contributed by atoms with E-state index < -0.39 is 0 Å². The first kappa shape index (κ1) is 16.1. The van der Waals surface area contributed by atoms with Gasteiger partial charge in [-0.3, -0.25) is 14.2 Å². The summed E-state index contributed by atoms with van der Waals surface area (Å²) in [5.74, 6) is -0.637. The van der Waals surface area contributed by atoms with Crippen molar-refractivity contribution in [2.75, 3.05) is 19.9 Å². The van der Waals surface area contributed by atoms with Crippen LogP contribution in [0.3, 0.4) is 0 Å². The van der Waals surface area contributed by atoms with Crippen LogP contribution in [0, 0.1) is 0 Å². The number of rotatable bonds is 6. The van der Waals surface area contributed by atoms with Gasteiger partial charge in [-0.05, 0) is 18.4 Å². The molecule has 0 saturated carbocycles. The molecule has 0 aliphatic carbocycles. The summed E-state index contributed by atoms with van der Waals surface area (Å²) in [6, 6.07) is 9.53. The molecule has 0 radical (unpaired) electrons. The summed E-state index contributed by atoms with van der Waals surface area (Å²) < 4.78 is 6.33. The lowest BCUT2D eigenvalue weighted by molar-refractivity contribution is -0.140. The third-order valence-corrected chi connectivity index (χ3v) is 3.65. The predicted molar refractivity (Wildman–Crippen MR) is 84.3 cm³/mol. The zero-order chi connectivity index (χ0) is 15.9. The summed E-state index contributed by atoms with van der Waals surface area (Å²) in [5.41, 5.74) is 1.29. The van der Waals surface area contributed by atoms with Crippen molar-refractivity contribution in [1.29, 1.82) is 0 Å². The number of imidazole rings is 1. The minimum Gasteiger partial charge on any atom is -0.469 e. The quantitative estimate of drug-likeness (QED) is 0.650. The molecule has 1 aromatic heterocycles. The number of nitrogens with zero attached hydrogens (tertiary/aromatic N) is 2. The van der Waals surface area contributed by atoms with E-state index in [9.17, 15) is 9.59 Å². The third kappa shape index (κ3) is 3.67. The first-order valence-electron chi connectivity index (χ1n) is 6.69. The highest BCUT2D eigenvalue weighted by molar-refractivity contribution is 7.98. The summed E-state index contributed by atoms with van der Waals surface area (Å²) in [7, 11) is 1.32. The Kier molecular flexibility index (Phi) is 5.60. The molecule has 0 fully saturated rings. The Morgan fingerprint density at radius 2 is 2.05 bits per heavy atom. The molecule has 1 heterocycles. The van der Waals surface area contributed by atoms with Gasteiger partial charge >= 0.3 is 5.97 Å². The topological polar surface area (TPSA) is 73.2 Å². The molecule has 1 amide bonds. The number of carbonyl (C=O) groups excluding carboxylic acids is 2. The second kappa shape index (κ2) is 7.65. The Labute approximate surface area is 132 Å². The van der Waals surface area contributed by atoms with Crippen LogP contribution in [-0.4, -0.2) is 41.3 Å². The van der Waals surface area contributed by atoms with Crippen LogP contribution in [0.4, 0.5) is 0 Å². The maximum absolute atomic E-state index is 12.3. The number of hydrogen-bond acceptors (Lipinski definition) is 5. The molecule has 0 aliphatic heterocycles. The number of carbonyl (C=O) groups is 2. The van der Waals surface area contributed by atoms with Gasteiger partial charge in [-0.1, -0.05) is 30.0 Å². The number of ether oxygens (including phenoxy) is 1. The molecule has 6 nitrogen and oxygen atoms in total. The van der Waals surface area contributed by atoms with Crippen molar-refractivity contribution in [2.45, 2.75) is 11.6 Å². The van der Waals surface area contributed by atoms with Crippen molar-refractivity contribution >= 4 is 23.6 Å². The van der Waals surface area contributed by atoms with Crippen molar-refractivity contribution in [2.24, 2.45) is 0 Å². The first-order valence-corrected chi connectivity index (χ1v) is 7.92. The molecule has 0 saturated heterocycles. The van der Waals surface area contributed by atoms with Crippen LogP contribution in [0.1, 0.15) is 16.9 Å². The van der Waals surface area contributed by atoms with E-state index in [1.54, 1.807) is 4.57 Å². The number of nitrogens with one attached hydrogen (secondary N) is 1. The summed E-state index contributed by atoms with van der Waals surface area (Å²) in [6.45, 7) is 0.222. The van der Waals surface area contributed by atoms with Crippen LogP contribution < -0.4 is 5.32 Å². The van der Waals surface area contributed by atoms with Gasteiger partial charge in [0.15, 0.2) is 5.16 Å². The van der Waals surface area contributed by atoms with Crippen LogP contribution in [0.15, 0.2) is 41.7 Å². The normalized spacial score (nSPS) is 10.3. The molecular weight excluding hydrogens is 302 g/mol. The zero-order valence-electron chi connectivity index (χ0n) is 12.4. The molecule has 7 heteroatoms.